The van der Waals surface area contributed by atoms with Gasteiger partial charge in [-0.25, -0.2) is 0 Å². The summed E-state index contributed by atoms with van der Waals surface area (Å²) in [5.74, 6) is 1.14. The maximum absolute atomic E-state index is 2.56. The second kappa shape index (κ2) is 16.2. The van der Waals surface area contributed by atoms with E-state index in [0.717, 1.165) is 9.52 Å². The van der Waals surface area contributed by atoms with E-state index in [1.54, 1.807) is 22.3 Å². The van der Waals surface area contributed by atoms with Crippen molar-refractivity contribution in [1.82, 2.24) is 0 Å². The molecule has 0 N–H and O–H groups in total. The molecule has 0 heterocycles. The average molecular weight is 567 g/mol. The summed E-state index contributed by atoms with van der Waals surface area (Å²) in [6.45, 7) is 4.64. The molecule has 2 radical (unpaired) electrons. The Morgan fingerprint density at radius 3 is 1.35 bits per heavy atom. The van der Waals surface area contributed by atoms with Gasteiger partial charge in [-0.2, -0.15) is 0 Å². The van der Waals surface area contributed by atoms with Crippen LogP contribution in [0.1, 0.15) is 89.3 Å². The molecule has 43 heavy (non-hydrogen) atoms. The van der Waals surface area contributed by atoms with Gasteiger partial charge in [-0.05, 0) is 70.2 Å². The summed E-state index contributed by atoms with van der Waals surface area (Å²) >= 11 is 0. The van der Waals surface area contributed by atoms with Crippen LogP contribution in [-0.4, -0.2) is 9.52 Å². The van der Waals surface area contributed by atoms with Crippen LogP contribution in [0.15, 0.2) is 108 Å². The Labute approximate surface area is 289 Å². The van der Waals surface area contributed by atoms with E-state index in [1.807, 2.05) is 0 Å². The van der Waals surface area contributed by atoms with Crippen LogP contribution in [0, 0.1) is 0 Å². The zero-order valence-electron chi connectivity index (χ0n) is 28.7. The van der Waals surface area contributed by atoms with E-state index < -0.39 is 0 Å². The second-order valence-corrected chi connectivity index (χ2v) is 13.1. The minimum atomic E-state index is 0. The van der Waals surface area contributed by atoms with Gasteiger partial charge >= 0.3 is 37.7 Å². The van der Waals surface area contributed by atoms with Gasteiger partial charge in [-0.15, -0.1) is 0 Å². The van der Waals surface area contributed by atoms with Crippen LogP contribution in [0.2, 0.25) is 12.1 Å². The first-order valence-corrected chi connectivity index (χ1v) is 17.2. The van der Waals surface area contributed by atoms with E-state index in [1.165, 1.54) is 84.0 Å². The normalized spacial score (nSPS) is 16.4. The summed E-state index contributed by atoms with van der Waals surface area (Å²) in [6, 6.07) is 38.5. The predicted octanol–water partition coefficient (Wildman–Crippen LogP) is 5.84. The third-order valence-electron chi connectivity index (χ3n) is 9.09. The number of benzene rings is 4. The summed E-state index contributed by atoms with van der Waals surface area (Å²) in [4.78, 5) is 0. The summed E-state index contributed by atoms with van der Waals surface area (Å²) in [6.07, 6.45) is 12.6. The maximum Gasteiger partial charge on any atom is 1.00 e. The van der Waals surface area contributed by atoms with Gasteiger partial charge in [-0.1, -0.05) is 159 Å². The smallest absolute Gasteiger partial charge is 1.00 e. The minimum absolute atomic E-state index is 0. The quantitative estimate of drug-likeness (QED) is 0.189. The van der Waals surface area contributed by atoms with E-state index in [9.17, 15) is 0 Å². The van der Waals surface area contributed by atoms with Gasteiger partial charge in [0.25, 0.3) is 0 Å². The van der Waals surface area contributed by atoms with E-state index in [0.29, 0.717) is 11.8 Å². The number of allylic oxidation sites excluding steroid dienone is 2. The third kappa shape index (κ3) is 7.37. The zero-order chi connectivity index (χ0) is 28.0. The van der Waals surface area contributed by atoms with Crippen molar-refractivity contribution in [3.8, 4) is 22.3 Å². The number of unbranched alkanes of at least 4 members (excludes halogenated alkanes) is 2. The van der Waals surface area contributed by atoms with Crippen LogP contribution in [0.4, 0.5) is 0 Å². The van der Waals surface area contributed by atoms with Crippen molar-refractivity contribution in [1.29, 1.82) is 0 Å². The number of rotatable bonds is 12. The van der Waals surface area contributed by atoms with Crippen molar-refractivity contribution < 1.29 is 40.6 Å². The molecule has 0 aromatic heterocycles. The van der Waals surface area contributed by atoms with Crippen molar-refractivity contribution in [2.24, 2.45) is 0 Å². The molecule has 4 aromatic rings. The molecule has 0 spiro atoms. The van der Waals surface area contributed by atoms with Crippen LogP contribution < -0.4 is 37.7 Å². The first-order chi connectivity index (χ1) is 20.3. The van der Waals surface area contributed by atoms with E-state index in [4.69, 9.17) is 0 Å². The molecule has 0 aliphatic heterocycles. The van der Waals surface area contributed by atoms with Gasteiger partial charge in [0.2, 0.25) is 0 Å². The van der Waals surface area contributed by atoms with Crippen LogP contribution in [0.5, 0.6) is 0 Å². The number of hydrogen-bond donors (Lipinski definition) is 0. The molecule has 2 aliphatic carbocycles. The Kier molecular flexibility index (Phi) is 12.7. The standard InChI is InChI=1S/C40H42Si.2Li.2H/c1-3-5-15-31-25-37-33(29-17-9-7-10-18-29)21-13-23-35(37)39(31)27-41-28-40-32(16-6-4-2)26-38-34(22-14-24-36(38)40)30-19-11-8-12-20-30;;;;/h7-14,17-26,39-40H,3-6,15-16,27-28H2,1-2H3;;;;/q;2*+1;2*-1. The Morgan fingerprint density at radius 2 is 0.953 bits per heavy atom. The van der Waals surface area contributed by atoms with Gasteiger partial charge < -0.3 is 2.85 Å². The molecule has 0 fully saturated rings. The molecule has 2 unspecified atom stereocenters. The summed E-state index contributed by atoms with van der Waals surface area (Å²) < 4.78 is 0. The Bertz CT molecular complexity index is 1430. The van der Waals surface area contributed by atoms with Gasteiger partial charge in [0.05, 0.1) is 0 Å². The predicted molar refractivity (Wildman–Crippen MR) is 182 cm³/mol. The maximum atomic E-state index is 2.56. The van der Waals surface area contributed by atoms with Gasteiger partial charge in [0.1, 0.15) is 0 Å². The molecule has 6 rings (SSSR count). The van der Waals surface area contributed by atoms with Crippen molar-refractivity contribution in [3.05, 3.63) is 130 Å². The van der Waals surface area contributed by atoms with Crippen LogP contribution in [-0.2, 0) is 0 Å². The molecule has 0 bridgehead atoms. The molecule has 0 amide bonds. The molecule has 2 aliphatic rings. The summed E-state index contributed by atoms with van der Waals surface area (Å²) in [7, 11) is 0.951. The Morgan fingerprint density at radius 1 is 0.535 bits per heavy atom. The van der Waals surface area contributed by atoms with Crippen molar-refractivity contribution >= 4 is 21.7 Å². The molecule has 3 heteroatoms. The third-order valence-corrected chi connectivity index (χ3v) is 10.5. The monoisotopic (exact) mass is 566 g/mol. The largest absolute Gasteiger partial charge is 1.00 e. The number of fused-ring (bicyclic) bond motifs is 2. The van der Waals surface area contributed by atoms with Crippen LogP contribution in [0.3, 0.4) is 0 Å². The van der Waals surface area contributed by atoms with Crippen LogP contribution >= 0.6 is 0 Å². The zero-order valence-corrected chi connectivity index (χ0v) is 27.7. The SMILES string of the molecule is CCCCC1=Cc2c(-c3ccccc3)cccc2C1C[Si]CC1C(CCCC)=Cc2c(-c3ccccc3)cccc21.[H-].[H-].[Li+].[Li+]. The Balaban J connectivity index is 0.00000176. The minimum Gasteiger partial charge on any atom is -1.00 e. The van der Waals surface area contributed by atoms with Gasteiger partial charge in [0.15, 0.2) is 0 Å². The summed E-state index contributed by atoms with van der Waals surface area (Å²) in [5.41, 5.74) is 14.9. The van der Waals surface area contributed by atoms with Gasteiger partial charge in [-0.3, -0.25) is 0 Å². The van der Waals surface area contributed by atoms with E-state index in [-0.39, 0.29) is 40.6 Å². The summed E-state index contributed by atoms with van der Waals surface area (Å²) in [5, 5.41) is 0. The molecule has 0 nitrogen and oxygen atoms in total. The molecule has 4 aromatic carbocycles. The molecular formula is C40H44Li2Si. The van der Waals surface area contributed by atoms with E-state index in [2.05, 4.69) is 123 Å². The second-order valence-electron chi connectivity index (χ2n) is 11.8. The van der Waals surface area contributed by atoms with Crippen molar-refractivity contribution in [2.45, 2.75) is 76.3 Å². The van der Waals surface area contributed by atoms with E-state index >= 15 is 0 Å². The van der Waals surface area contributed by atoms with Crippen molar-refractivity contribution in [2.75, 3.05) is 0 Å². The first kappa shape index (κ1) is 33.7. The topological polar surface area (TPSA) is 0 Å². The van der Waals surface area contributed by atoms with Crippen LogP contribution in [0.25, 0.3) is 34.4 Å². The fourth-order valence-electron chi connectivity index (χ4n) is 6.92. The fraction of sp³-hybridized carbons (Fsp3) is 0.300. The molecule has 0 saturated carbocycles. The molecule has 0 saturated heterocycles. The Hall–Kier alpha value is -2.23. The van der Waals surface area contributed by atoms with Gasteiger partial charge in [0, 0.05) is 21.4 Å². The molecular weight excluding hydrogens is 522 g/mol. The molecule has 2 atom stereocenters. The first-order valence-electron chi connectivity index (χ1n) is 15.8. The number of hydrogen-bond acceptors (Lipinski definition) is 0. The molecule has 210 valence electrons. The fourth-order valence-corrected chi connectivity index (χ4v) is 8.62. The average Bonchev–Trinajstić information content (AvgIpc) is 3.57. The van der Waals surface area contributed by atoms with Crippen molar-refractivity contribution in [3.63, 3.8) is 0 Å².